The number of sulfonamides is 1. The highest BCUT2D eigenvalue weighted by molar-refractivity contribution is 7.89. The van der Waals surface area contributed by atoms with Crippen molar-refractivity contribution >= 4 is 33.3 Å². The van der Waals surface area contributed by atoms with Crippen LogP contribution in [0, 0.1) is 20.2 Å². The molecular weight excluding hydrogens is 714 g/mol. The standard InChI is InChI=1S/C20H28N2O5S.C15H11N3O7/c1-4-26-17-7-5-6-8-18(17)27-12-11-22-15(2)13-16-9-10-19(25-3)20(14-16)28(21,23)24;19-14(16-13(15(20)21)9-4-2-1-3-5-9)10-6-11(17(22)23)8-12(7-10)18(24)25/h5-10,14-15,22H,4,11-13H2,1-3H3,(H2,21,23,24);1-8,13H,(H,16,19)(H,20,21)/t15-;13-/m00/s1. The third-order valence-electron chi connectivity index (χ3n) is 7.32. The number of carbonyl (C=O) groups is 2. The number of nitro benzene ring substituents is 2. The lowest BCUT2D eigenvalue weighted by Gasteiger charge is -2.16. The van der Waals surface area contributed by atoms with E-state index < -0.39 is 49.2 Å². The Hall–Kier alpha value is -6.11. The largest absolute Gasteiger partial charge is 0.495 e. The van der Waals surface area contributed by atoms with Gasteiger partial charge in [-0.25, -0.2) is 18.4 Å². The number of carboxylic acids is 1. The molecule has 53 heavy (non-hydrogen) atoms. The van der Waals surface area contributed by atoms with Gasteiger partial charge in [0.1, 0.15) is 17.3 Å². The summed E-state index contributed by atoms with van der Waals surface area (Å²) in [6, 6.07) is 21.5. The summed E-state index contributed by atoms with van der Waals surface area (Å²) in [5.74, 6) is -0.644. The van der Waals surface area contributed by atoms with E-state index in [4.69, 9.17) is 19.3 Å². The summed E-state index contributed by atoms with van der Waals surface area (Å²) >= 11 is 0. The Morgan fingerprint density at radius 3 is 1.98 bits per heavy atom. The van der Waals surface area contributed by atoms with Gasteiger partial charge in [-0.3, -0.25) is 25.0 Å². The number of hydrogen-bond acceptors (Lipinski definition) is 12. The summed E-state index contributed by atoms with van der Waals surface area (Å²) in [5.41, 5.74) is -0.546. The van der Waals surface area contributed by atoms with E-state index >= 15 is 0 Å². The van der Waals surface area contributed by atoms with Crippen LogP contribution in [0.25, 0.3) is 0 Å². The lowest BCUT2D eigenvalue weighted by molar-refractivity contribution is -0.394. The molecule has 1 amide bonds. The average molecular weight is 754 g/mol. The van der Waals surface area contributed by atoms with Crippen LogP contribution < -0.4 is 30.0 Å². The Kier molecular flexibility index (Phi) is 15.2. The summed E-state index contributed by atoms with van der Waals surface area (Å²) in [5, 5.41) is 41.8. The molecule has 0 aliphatic heterocycles. The molecule has 0 aromatic heterocycles. The van der Waals surface area contributed by atoms with Crippen LogP contribution in [-0.4, -0.2) is 68.2 Å². The zero-order valence-corrected chi connectivity index (χ0v) is 29.8. The second-order valence-electron chi connectivity index (χ2n) is 11.2. The highest BCUT2D eigenvalue weighted by atomic mass is 32.2. The lowest BCUT2D eigenvalue weighted by atomic mass is 10.1. The zero-order valence-electron chi connectivity index (χ0n) is 29.0. The first-order valence-electron chi connectivity index (χ1n) is 15.9. The van der Waals surface area contributed by atoms with Crippen LogP contribution in [0.2, 0.25) is 0 Å². The van der Waals surface area contributed by atoms with E-state index in [9.17, 15) is 43.3 Å². The number of amides is 1. The monoisotopic (exact) mass is 753 g/mol. The Morgan fingerprint density at radius 1 is 0.868 bits per heavy atom. The maximum atomic E-state index is 12.3. The van der Waals surface area contributed by atoms with Gasteiger partial charge in [0, 0.05) is 24.7 Å². The first-order chi connectivity index (χ1) is 25.1. The summed E-state index contributed by atoms with van der Waals surface area (Å²) in [4.78, 5) is 43.6. The first kappa shape index (κ1) is 41.3. The summed E-state index contributed by atoms with van der Waals surface area (Å²) in [6.45, 7) is 5.66. The van der Waals surface area contributed by atoms with Crippen LogP contribution in [0.4, 0.5) is 11.4 Å². The second kappa shape index (κ2) is 19.5. The number of carbonyl (C=O) groups excluding carboxylic acids is 1. The van der Waals surface area contributed by atoms with Gasteiger partial charge in [-0.1, -0.05) is 48.5 Å². The number of hydrogen-bond donors (Lipinski definition) is 4. The molecule has 0 saturated carbocycles. The first-order valence-corrected chi connectivity index (χ1v) is 17.5. The van der Waals surface area contributed by atoms with Crippen molar-refractivity contribution in [2.24, 2.45) is 5.14 Å². The number of para-hydroxylation sites is 2. The van der Waals surface area contributed by atoms with E-state index in [1.54, 1.807) is 30.3 Å². The fraction of sp³-hybridized carbons (Fsp3) is 0.257. The predicted molar refractivity (Wildman–Crippen MR) is 193 cm³/mol. The minimum atomic E-state index is -3.84. The Labute approximate surface area is 305 Å². The molecule has 0 heterocycles. The van der Waals surface area contributed by atoms with Gasteiger partial charge >= 0.3 is 5.97 Å². The molecule has 0 bridgehead atoms. The second-order valence-corrected chi connectivity index (χ2v) is 12.8. The fourth-order valence-electron chi connectivity index (χ4n) is 4.89. The molecule has 18 heteroatoms. The van der Waals surface area contributed by atoms with E-state index in [1.165, 1.54) is 19.2 Å². The van der Waals surface area contributed by atoms with Crippen LogP contribution in [0.1, 0.15) is 41.4 Å². The minimum absolute atomic E-state index is 0.00411. The molecule has 17 nitrogen and oxygen atoms in total. The van der Waals surface area contributed by atoms with Gasteiger partial charge in [0.15, 0.2) is 17.5 Å². The van der Waals surface area contributed by atoms with E-state index in [0.29, 0.717) is 38.0 Å². The quantitative estimate of drug-likeness (QED) is 0.0664. The lowest BCUT2D eigenvalue weighted by Crippen LogP contribution is -2.33. The number of ether oxygens (including phenoxy) is 3. The van der Waals surface area contributed by atoms with E-state index in [1.807, 2.05) is 44.2 Å². The summed E-state index contributed by atoms with van der Waals surface area (Å²) in [7, 11) is -2.43. The summed E-state index contributed by atoms with van der Waals surface area (Å²) in [6.07, 6.45) is 0.641. The number of carboxylic acid groups (broad SMARTS) is 1. The van der Waals surface area contributed by atoms with E-state index in [-0.39, 0.29) is 27.8 Å². The normalized spacial score (nSPS) is 11.9. The van der Waals surface area contributed by atoms with Crippen LogP contribution in [0.3, 0.4) is 0 Å². The number of primary sulfonamides is 1. The minimum Gasteiger partial charge on any atom is -0.495 e. The molecule has 0 unspecified atom stereocenters. The van der Waals surface area contributed by atoms with Gasteiger partial charge in [-0.2, -0.15) is 0 Å². The smallest absolute Gasteiger partial charge is 0.330 e. The van der Waals surface area contributed by atoms with Crippen molar-refractivity contribution in [1.82, 2.24) is 10.6 Å². The topological polar surface area (TPSA) is 253 Å². The molecular formula is C35H39N5O12S. The Balaban J connectivity index is 0.000000287. The number of benzene rings is 4. The molecule has 5 N–H and O–H groups in total. The maximum absolute atomic E-state index is 12.3. The van der Waals surface area contributed by atoms with Gasteiger partial charge in [-0.05, 0) is 55.7 Å². The summed E-state index contributed by atoms with van der Waals surface area (Å²) < 4.78 is 39.9. The van der Waals surface area contributed by atoms with E-state index in [2.05, 4.69) is 10.6 Å². The van der Waals surface area contributed by atoms with E-state index in [0.717, 1.165) is 23.4 Å². The number of nitrogens with zero attached hydrogens (tertiary/aromatic N) is 2. The van der Waals surface area contributed by atoms with Crippen molar-refractivity contribution in [2.45, 2.75) is 37.2 Å². The molecule has 0 aliphatic carbocycles. The average Bonchev–Trinajstić information content (AvgIpc) is 3.13. The maximum Gasteiger partial charge on any atom is 0.330 e. The number of nitro groups is 2. The molecule has 0 fully saturated rings. The molecule has 282 valence electrons. The molecule has 0 saturated heterocycles. The number of methoxy groups -OCH3 is 1. The Morgan fingerprint density at radius 2 is 1.45 bits per heavy atom. The van der Waals surface area contributed by atoms with Crippen molar-refractivity contribution in [2.75, 3.05) is 26.9 Å². The SMILES string of the molecule is CCOc1ccccc1OCCN[C@@H](C)Cc1ccc(OC)c(S(N)(=O)=O)c1.O=C(N[C@H](C(=O)O)c1ccccc1)c1cc([N+](=O)[O-])cc([N+](=O)[O-])c1. The van der Waals surface area contributed by atoms with Crippen LogP contribution in [0.15, 0.2) is 95.9 Å². The highest BCUT2D eigenvalue weighted by Crippen LogP contribution is 2.27. The Bertz CT molecular complexity index is 1980. The molecule has 2 atom stereocenters. The number of aliphatic carboxylic acids is 1. The van der Waals surface area contributed by atoms with Gasteiger partial charge in [-0.15, -0.1) is 0 Å². The zero-order chi connectivity index (χ0) is 39.1. The van der Waals surface area contributed by atoms with Crippen molar-refractivity contribution < 1.29 is 47.2 Å². The third-order valence-corrected chi connectivity index (χ3v) is 8.25. The number of non-ortho nitro benzene ring substituents is 2. The van der Waals surface area contributed by atoms with Crippen LogP contribution in [0.5, 0.6) is 17.2 Å². The number of nitrogens with two attached hydrogens (primary N) is 1. The third kappa shape index (κ3) is 12.6. The molecule has 0 spiro atoms. The highest BCUT2D eigenvalue weighted by Gasteiger charge is 2.25. The number of rotatable bonds is 17. The van der Waals surface area contributed by atoms with Crippen molar-refractivity contribution in [3.05, 3.63) is 128 Å². The van der Waals surface area contributed by atoms with Gasteiger partial charge in [0.05, 0.1) is 35.2 Å². The van der Waals surface area contributed by atoms with Crippen LogP contribution in [-0.2, 0) is 21.2 Å². The molecule has 4 aromatic rings. The number of nitrogens with one attached hydrogen (secondary N) is 2. The van der Waals surface area contributed by atoms with Gasteiger partial charge in [0.25, 0.3) is 17.3 Å². The molecule has 4 rings (SSSR count). The van der Waals surface area contributed by atoms with Gasteiger partial charge in [0.2, 0.25) is 10.0 Å². The van der Waals surface area contributed by atoms with Crippen LogP contribution >= 0.6 is 0 Å². The molecule has 0 aliphatic rings. The predicted octanol–water partition coefficient (Wildman–Crippen LogP) is 4.40. The van der Waals surface area contributed by atoms with Crippen molar-refractivity contribution in [3.63, 3.8) is 0 Å². The van der Waals surface area contributed by atoms with Crippen molar-refractivity contribution in [3.8, 4) is 17.2 Å². The van der Waals surface area contributed by atoms with Gasteiger partial charge < -0.3 is 30.0 Å². The molecule has 0 radical (unpaired) electrons. The van der Waals surface area contributed by atoms with Crippen molar-refractivity contribution in [1.29, 1.82) is 0 Å². The fourth-order valence-corrected chi connectivity index (χ4v) is 5.64. The molecule has 4 aromatic carbocycles.